The van der Waals surface area contributed by atoms with Crippen molar-refractivity contribution in [3.8, 4) is 34.2 Å². The molecule has 0 spiro atoms. The molecule has 21 heteroatoms. The van der Waals surface area contributed by atoms with E-state index in [1.807, 2.05) is 48.7 Å². The van der Waals surface area contributed by atoms with Gasteiger partial charge in [0.2, 0.25) is 0 Å². The quantitative estimate of drug-likeness (QED) is 0.140. The zero-order valence-electron chi connectivity index (χ0n) is 34.5. The maximum absolute atomic E-state index is 14.1. The number of piperidine rings is 1. The van der Waals surface area contributed by atoms with E-state index in [4.69, 9.17) is 29.9 Å². The molecular formula is C43H40F2N18O. The van der Waals surface area contributed by atoms with Crippen molar-refractivity contribution >= 4 is 62.2 Å². The molecule has 0 aromatic carbocycles. The first kappa shape index (κ1) is 37.0. The zero-order chi connectivity index (χ0) is 42.7. The fourth-order valence-electron chi connectivity index (χ4n) is 9.22. The molecule has 0 bridgehead atoms. The van der Waals surface area contributed by atoms with E-state index in [2.05, 4.69) is 67.1 Å². The van der Waals surface area contributed by atoms with Crippen LogP contribution in [0, 0.1) is 0 Å². The van der Waals surface area contributed by atoms with Gasteiger partial charge in [-0.3, -0.25) is 19.6 Å². The van der Waals surface area contributed by atoms with Crippen LogP contribution < -0.4 is 14.7 Å². The highest BCUT2D eigenvalue weighted by molar-refractivity contribution is 5.97. The topological polar surface area (TPSA) is 208 Å². The molecule has 9 aromatic rings. The van der Waals surface area contributed by atoms with E-state index < -0.39 is 12.2 Å². The lowest BCUT2D eigenvalue weighted by Crippen LogP contribution is -2.52. The van der Waals surface area contributed by atoms with Gasteiger partial charge >= 0.3 is 0 Å². The van der Waals surface area contributed by atoms with Crippen LogP contribution >= 0.6 is 0 Å². The fraction of sp³-hybridized carbons (Fsp3) is 0.326. The number of hydrogen-bond donors (Lipinski definition) is 4. The number of aromatic amines is 4. The molecule has 9 aromatic heterocycles. The number of imidazole rings is 2. The van der Waals surface area contributed by atoms with E-state index in [0.717, 1.165) is 79.9 Å². The van der Waals surface area contributed by atoms with Crippen molar-refractivity contribution in [3.63, 3.8) is 0 Å². The molecule has 4 N–H and O–H groups in total. The van der Waals surface area contributed by atoms with Crippen molar-refractivity contribution in [1.29, 1.82) is 0 Å². The second-order valence-corrected chi connectivity index (χ2v) is 17.0. The first-order chi connectivity index (χ1) is 31.3. The Morgan fingerprint density at radius 1 is 0.766 bits per heavy atom. The number of pyridine rings is 3. The standard InChI is InChI=1S/C43H40F2N18O/c1-59-19-25(17-49-59)23-14-28-33(55-57-37(28)48-16-23)38-51-31-5-9-47-42(36(31)54-38)61-12-13-64-32(22-61)62-20-24(26-18-50-63(21-26)27-2-3-27)15-29-34(56-58-40(29)62)39-52-30-4-8-46-41(35(30)53-39)60-10-6-43(44,45)7-11-60/h4-5,8-9,14-19,21,27,32H,2-3,6-7,10-13,20,22H2,1H3,(H,51,54)(H,52,53)(H,56,58)(H,48,55,57). The molecule has 13 rings (SSSR count). The Labute approximate surface area is 361 Å². The summed E-state index contributed by atoms with van der Waals surface area (Å²) in [5.41, 5.74) is 9.74. The SMILES string of the molecule is Cn1cc(-c2cnc3n[nH]c(-c4nc5c(N6CCOC(N7CC(c8cnn(C9CC9)c8)=Cc8c7n[nH]c8-c7nc8c(N9CCC(F)(F)CC9)nccc8[nH]7)C6)nccc5[nH]4)c3c2)cn1. The number of hydrogen-bond acceptors (Lipinski definition) is 13. The van der Waals surface area contributed by atoms with Crippen molar-refractivity contribution in [1.82, 2.24) is 74.8 Å². The molecule has 1 saturated carbocycles. The average molecular weight is 863 g/mol. The fourth-order valence-corrected chi connectivity index (χ4v) is 9.22. The molecule has 0 radical (unpaired) electrons. The summed E-state index contributed by atoms with van der Waals surface area (Å²) in [5, 5.41) is 25.7. The molecule has 1 aliphatic carbocycles. The Hall–Kier alpha value is -7.55. The third-order valence-electron chi connectivity index (χ3n) is 12.8. The summed E-state index contributed by atoms with van der Waals surface area (Å²) >= 11 is 0. The molecule has 4 aliphatic rings. The predicted octanol–water partition coefficient (Wildman–Crippen LogP) is 5.95. The van der Waals surface area contributed by atoms with Crippen molar-refractivity contribution in [2.75, 3.05) is 54.0 Å². The van der Waals surface area contributed by atoms with Gasteiger partial charge in [-0.25, -0.2) is 33.7 Å². The van der Waals surface area contributed by atoms with Crippen molar-refractivity contribution in [2.45, 2.75) is 43.9 Å². The predicted molar refractivity (Wildman–Crippen MR) is 235 cm³/mol. The number of nitrogens with zero attached hydrogens (tertiary/aromatic N) is 14. The van der Waals surface area contributed by atoms with Crippen LogP contribution in [0.15, 0.2) is 61.6 Å². The van der Waals surface area contributed by atoms with Gasteiger partial charge in [-0.2, -0.15) is 20.4 Å². The van der Waals surface area contributed by atoms with Crippen LogP contribution in [-0.2, 0) is 11.8 Å². The van der Waals surface area contributed by atoms with Crippen molar-refractivity contribution in [2.24, 2.45) is 7.05 Å². The lowest BCUT2D eigenvalue weighted by molar-refractivity contribution is -0.0221. The minimum atomic E-state index is -2.67. The molecule has 1 atom stereocenters. The van der Waals surface area contributed by atoms with Crippen LogP contribution in [0.1, 0.15) is 42.9 Å². The van der Waals surface area contributed by atoms with E-state index in [1.165, 1.54) is 0 Å². The van der Waals surface area contributed by atoms with Gasteiger partial charge in [0.05, 0.1) is 48.0 Å². The number of nitrogens with one attached hydrogen (secondary N) is 4. The van der Waals surface area contributed by atoms with Gasteiger partial charge in [0.25, 0.3) is 5.92 Å². The van der Waals surface area contributed by atoms with Gasteiger partial charge in [0.1, 0.15) is 28.6 Å². The van der Waals surface area contributed by atoms with Crippen LogP contribution in [0.3, 0.4) is 0 Å². The van der Waals surface area contributed by atoms with Crippen LogP contribution in [0.4, 0.5) is 26.2 Å². The minimum absolute atomic E-state index is 0.202. The normalized spacial score (nSPS) is 19.0. The smallest absolute Gasteiger partial charge is 0.251 e. The first-order valence-corrected chi connectivity index (χ1v) is 21.4. The van der Waals surface area contributed by atoms with Gasteiger partial charge in [-0.05, 0) is 42.7 Å². The summed E-state index contributed by atoms with van der Waals surface area (Å²) in [6.45, 7) is 2.44. The first-order valence-electron chi connectivity index (χ1n) is 21.4. The molecule has 0 amide bonds. The Bertz CT molecular complexity index is 3280. The molecule has 2 saturated heterocycles. The molecule has 64 heavy (non-hydrogen) atoms. The number of aryl methyl sites for hydroxylation is 1. The Kier molecular flexibility index (Phi) is 8.09. The second kappa shape index (κ2) is 14.0. The van der Waals surface area contributed by atoms with Gasteiger partial charge in [0.15, 0.2) is 34.7 Å². The van der Waals surface area contributed by atoms with Gasteiger partial charge in [0, 0.05) is 99.3 Å². The summed E-state index contributed by atoms with van der Waals surface area (Å²) in [4.78, 5) is 37.5. The third-order valence-corrected chi connectivity index (χ3v) is 12.8. The Balaban J connectivity index is 0.839. The molecule has 19 nitrogen and oxygen atoms in total. The Morgan fingerprint density at radius 3 is 2.25 bits per heavy atom. The van der Waals surface area contributed by atoms with E-state index >= 15 is 0 Å². The monoisotopic (exact) mass is 862 g/mol. The van der Waals surface area contributed by atoms with Gasteiger partial charge in [-0.1, -0.05) is 0 Å². The number of alkyl halides is 2. The van der Waals surface area contributed by atoms with Crippen molar-refractivity contribution < 1.29 is 13.5 Å². The molecule has 12 heterocycles. The summed E-state index contributed by atoms with van der Waals surface area (Å²) in [6, 6.07) is 6.26. The highest BCUT2D eigenvalue weighted by Gasteiger charge is 2.37. The maximum Gasteiger partial charge on any atom is 0.251 e. The Morgan fingerprint density at radius 2 is 1.50 bits per heavy atom. The molecular weight excluding hydrogens is 823 g/mol. The zero-order valence-corrected chi connectivity index (χ0v) is 34.5. The minimum Gasteiger partial charge on any atom is -0.355 e. The second-order valence-electron chi connectivity index (χ2n) is 17.0. The summed E-state index contributed by atoms with van der Waals surface area (Å²) < 4.78 is 38.7. The number of halogens is 2. The largest absolute Gasteiger partial charge is 0.355 e. The number of H-pyrrole nitrogens is 4. The number of aromatic nitrogens is 15. The van der Waals surface area contributed by atoms with Crippen molar-refractivity contribution in [3.05, 3.63) is 72.7 Å². The lowest BCUT2D eigenvalue weighted by Gasteiger charge is -2.41. The van der Waals surface area contributed by atoms with Gasteiger partial charge in [-0.15, -0.1) is 0 Å². The maximum atomic E-state index is 14.1. The summed E-state index contributed by atoms with van der Waals surface area (Å²) in [7, 11) is 1.89. The van der Waals surface area contributed by atoms with Crippen LogP contribution in [0.25, 0.3) is 78.9 Å². The van der Waals surface area contributed by atoms with E-state index in [0.29, 0.717) is 66.6 Å². The summed E-state index contributed by atoms with van der Waals surface area (Å²) in [6.07, 6.45) is 16.6. The molecule has 3 fully saturated rings. The molecule has 3 aliphatic heterocycles. The number of ether oxygens (including phenoxy) is 1. The summed E-state index contributed by atoms with van der Waals surface area (Å²) in [5.74, 6) is 0.555. The lowest BCUT2D eigenvalue weighted by atomic mass is 10.0. The van der Waals surface area contributed by atoms with E-state index in [1.54, 1.807) is 23.3 Å². The highest BCUT2D eigenvalue weighted by Crippen LogP contribution is 2.41. The third kappa shape index (κ3) is 6.20. The van der Waals surface area contributed by atoms with E-state index in [-0.39, 0.29) is 25.9 Å². The average Bonchev–Trinajstić information content (AvgIpc) is 3.97. The van der Waals surface area contributed by atoms with Crippen LogP contribution in [0.2, 0.25) is 0 Å². The van der Waals surface area contributed by atoms with E-state index in [9.17, 15) is 8.78 Å². The molecule has 1 unspecified atom stereocenters. The number of morpholine rings is 1. The highest BCUT2D eigenvalue weighted by atomic mass is 19.3. The van der Waals surface area contributed by atoms with Crippen LogP contribution in [-0.4, -0.2) is 126 Å². The van der Waals surface area contributed by atoms with Crippen LogP contribution in [0.5, 0.6) is 0 Å². The number of fused-ring (bicyclic) bond motifs is 4. The number of anilines is 3. The molecule has 322 valence electrons. The number of rotatable bonds is 8. The van der Waals surface area contributed by atoms with Gasteiger partial charge < -0.3 is 29.4 Å².